The molecule has 3 rings (SSSR count). The van der Waals surface area contributed by atoms with Gasteiger partial charge >= 0.3 is 0 Å². The van der Waals surface area contributed by atoms with Crippen molar-refractivity contribution in [2.24, 2.45) is 11.8 Å². The minimum atomic E-state index is 0.286. The van der Waals surface area contributed by atoms with E-state index in [1.54, 1.807) is 0 Å². The lowest BCUT2D eigenvalue weighted by Crippen LogP contribution is -2.44. The van der Waals surface area contributed by atoms with Crippen LogP contribution < -0.4 is 5.32 Å². The Morgan fingerprint density at radius 1 is 1.26 bits per heavy atom. The van der Waals surface area contributed by atoms with Crippen LogP contribution in [-0.4, -0.2) is 37.0 Å². The molecular weight excluding hydrogens is 236 g/mol. The van der Waals surface area contributed by atoms with Gasteiger partial charge in [-0.25, -0.2) is 0 Å². The van der Waals surface area contributed by atoms with E-state index in [9.17, 15) is 4.79 Å². The molecule has 1 amide bonds. The molecule has 3 heteroatoms. The molecule has 2 fully saturated rings. The minimum Gasteiger partial charge on any atom is -0.342 e. The predicted molar refractivity (Wildman–Crippen MR) is 75.9 cm³/mol. The van der Waals surface area contributed by atoms with E-state index in [0.29, 0.717) is 12.3 Å². The number of nitrogens with zero attached hydrogens (tertiary/aromatic N) is 1. The number of rotatable bonds is 2. The Balaban J connectivity index is 1.59. The van der Waals surface area contributed by atoms with Gasteiger partial charge in [0.25, 0.3) is 0 Å². The number of benzene rings is 1. The Kier molecular flexibility index (Phi) is 3.56. The van der Waals surface area contributed by atoms with Gasteiger partial charge in [-0.3, -0.25) is 4.79 Å². The van der Waals surface area contributed by atoms with Gasteiger partial charge in [0.05, 0.1) is 6.42 Å². The summed E-state index contributed by atoms with van der Waals surface area (Å²) in [5.41, 5.74) is 2.37. The van der Waals surface area contributed by atoms with Crippen molar-refractivity contribution in [2.45, 2.75) is 19.8 Å². The summed E-state index contributed by atoms with van der Waals surface area (Å²) >= 11 is 0. The van der Waals surface area contributed by atoms with Crippen LogP contribution in [0, 0.1) is 18.8 Å². The van der Waals surface area contributed by atoms with Gasteiger partial charge in [-0.1, -0.05) is 29.8 Å². The number of nitrogens with one attached hydrogen (secondary N) is 1. The average molecular weight is 258 g/mol. The van der Waals surface area contributed by atoms with Crippen molar-refractivity contribution in [1.82, 2.24) is 10.2 Å². The van der Waals surface area contributed by atoms with Gasteiger partial charge in [0.2, 0.25) is 5.91 Å². The first-order valence-electron chi connectivity index (χ1n) is 7.26. The van der Waals surface area contributed by atoms with Crippen LogP contribution in [0.3, 0.4) is 0 Å². The Bertz CT molecular complexity index is 454. The number of hydrogen-bond acceptors (Lipinski definition) is 2. The van der Waals surface area contributed by atoms with E-state index in [0.717, 1.165) is 44.1 Å². The smallest absolute Gasteiger partial charge is 0.226 e. The van der Waals surface area contributed by atoms with Crippen LogP contribution in [0.1, 0.15) is 17.5 Å². The zero-order valence-corrected chi connectivity index (χ0v) is 11.6. The number of aryl methyl sites for hydroxylation is 1. The average Bonchev–Trinajstić information content (AvgIpc) is 2.88. The number of fused-ring (bicyclic) bond motifs is 1. The molecule has 0 aliphatic carbocycles. The molecule has 0 spiro atoms. The van der Waals surface area contributed by atoms with Gasteiger partial charge in [0, 0.05) is 13.1 Å². The van der Waals surface area contributed by atoms with E-state index in [-0.39, 0.29) is 5.91 Å². The molecule has 102 valence electrons. The quantitative estimate of drug-likeness (QED) is 0.874. The molecule has 2 aliphatic heterocycles. The van der Waals surface area contributed by atoms with Crippen molar-refractivity contribution in [3.8, 4) is 0 Å². The van der Waals surface area contributed by atoms with E-state index in [1.807, 2.05) is 0 Å². The Hall–Kier alpha value is -1.35. The second-order valence-electron chi connectivity index (χ2n) is 5.97. The highest BCUT2D eigenvalue weighted by Gasteiger charge is 2.34. The van der Waals surface area contributed by atoms with Gasteiger partial charge in [-0.05, 0) is 43.8 Å². The summed E-state index contributed by atoms with van der Waals surface area (Å²) in [5.74, 6) is 1.76. The molecule has 1 aromatic rings. The molecule has 2 saturated heterocycles. The molecule has 0 aromatic heterocycles. The van der Waals surface area contributed by atoms with Crippen molar-refractivity contribution in [3.63, 3.8) is 0 Å². The van der Waals surface area contributed by atoms with Crippen molar-refractivity contribution in [3.05, 3.63) is 35.4 Å². The second-order valence-corrected chi connectivity index (χ2v) is 5.97. The second kappa shape index (κ2) is 5.33. The molecule has 1 aromatic carbocycles. The maximum atomic E-state index is 12.3. The van der Waals surface area contributed by atoms with Crippen molar-refractivity contribution in [1.29, 1.82) is 0 Å². The summed E-state index contributed by atoms with van der Waals surface area (Å²) in [6.07, 6.45) is 1.71. The van der Waals surface area contributed by atoms with Crippen LogP contribution in [0.25, 0.3) is 0 Å². The lowest BCUT2D eigenvalue weighted by Gasteiger charge is -2.34. The van der Waals surface area contributed by atoms with Crippen LogP contribution in [0.2, 0.25) is 0 Å². The lowest BCUT2D eigenvalue weighted by molar-refractivity contribution is -0.132. The molecular formula is C16H22N2O. The maximum Gasteiger partial charge on any atom is 0.226 e. The predicted octanol–water partition coefficient (Wildman–Crippen LogP) is 1.61. The molecule has 0 saturated carbocycles. The largest absolute Gasteiger partial charge is 0.342 e. The van der Waals surface area contributed by atoms with Crippen LogP contribution in [0.5, 0.6) is 0 Å². The third-order valence-electron chi connectivity index (χ3n) is 4.53. The highest BCUT2D eigenvalue weighted by Crippen LogP contribution is 2.26. The number of piperidine rings is 1. The summed E-state index contributed by atoms with van der Waals surface area (Å²) in [4.78, 5) is 14.4. The van der Waals surface area contributed by atoms with Crippen LogP contribution in [0.4, 0.5) is 0 Å². The normalized spacial score (nSPS) is 26.3. The topological polar surface area (TPSA) is 32.3 Å². The molecule has 0 radical (unpaired) electrons. The summed E-state index contributed by atoms with van der Waals surface area (Å²) < 4.78 is 0. The number of amides is 1. The standard InChI is InChI=1S/C16H22N2O/c1-12-2-4-13(5-3-12)8-16(19)18-7-6-14-9-17-10-15(14)11-18/h2-5,14-15,17H,6-11H2,1H3. The highest BCUT2D eigenvalue weighted by atomic mass is 16.2. The first-order valence-corrected chi connectivity index (χ1v) is 7.26. The molecule has 19 heavy (non-hydrogen) atoms. The monoisotopic (exact) mass is 258 g/mol. The summed E-state index contributed by atoms with van der Waals surface area (Å²) in [5, 5.41) is 3.44. The Morgan fingerprint density at radius 3 is 2.79 bits per heavy atom. The van der Waals surface area contributed by atoms with Crippen molar-refractivity contribution >= 4 is 5.91 Å². The summed E-state index contributed by atoms with van der Waals surface area (Å²) in [7, 11) is 0. The SMILES string of the molecule is Cc1ccc(CC(=O)N2CCC3CNCC3C2)cc1. The van der Waals surface area contributed by atoms with Crippen LogP contribution >= 0.6 is 0 Å². The van der Waals surface area contributed by atoms with Gasteiger partial charge < -0.3 is 10.2 Å². The van der Waals surface area contributed by atoms with E-state index < -0.39 is 0 Å². The van der Waals surface area contributed by atoms with Crippen LogP contribution in [0.15, 0.2) is 24.3 Å². The minimum absolute atomic E-state index is 0.286. The van der Waals surface area contributed by atoms with Gasteiger partial charge in [0.1, 0.15) is 0 Å². The lowest BCUT2D eigenvalue weighted by atomic mass is 9.88. The van der Waals surface area contributed by atoms with Crippen LogP contribution in [-0.2, 0) is 11.2 Å². The zero-order chi connectivity index (χ0) is 13.2. The Morgan fingerprint density at radius 2 is 2.00 bits per heavy atom. The molecule has 2 unspecified atom stereocenters. The summed E-state index contributed by atoms with van der Waals surface area (Å²) in [6.45, 7) is 6.18. The van der Waals surface area contributed by atoms with E-state index in [2.05, 4.69) is 41.4 Å². The maximum absolute atomic E-state index is 12.3. The fraction of sp³-hybridized carbons (Fsp3) is 0.562. The first-order chi connectivity index (χ1) is 9.22. The Labute approximate surface area is 115 Å². The molecule has 1 N–H and O–H groups in total. The third-order valence-corrected chi connectivity index (χ3v) is 4.53. The molecule has 2 aliphatic rings. The number of likely N-dealkylation sites (tertiary alicyclic amines) is 1. The zero-order valence-electron chi connectivity index (χ0n) is 11.6. The van der Waals surface area contributed by atoms with Crippen molar-refractivity contribution < 1.29 is 4.79 Å². The number of hydrogen-bond donors (Lipinski definition) is 1. The van der Waals surface area contributed by atoms with Crippen molar-refractivity contribution in [2.75, 3.05) is 26.2 Å². The van der Waals surface area contributed by atoms with E-state index in [1.165, 1.54) is 5.56 Å². The third kappa shape index (κ3) is 2.81. The molecule has 2 heterocycles. The number of carbonyl (C=O) groups excluding carboxylic acids is 1. The van der Waals surface area contributed by atoms with Gasteiger partial charge in [-0.15, -0.1) is 0 Å². The van der Waals surface area contributed by atoms with E-state index >= 15 is 0 Å². The van der Waals surface area contributed by atoms with E-state index in [4.69, 9.17) is 0 Å². The molecule has 2 atom stereocenters. The fourth-order valence-corrected chi connectivity index (χ4v) is 3.25. The highest BCUT2D eigenvalue weighted by molar-refractivity contribution is 5.78. The molecule has 0 bridgehead atoms. The first kappa shape index (κ1) is 12.7. The number of carbonyl (C=O) groups is 1. The fourth-order valence-electron chi connectivity index (χ4n) is 3.25. The van der Waals surface area contributed by atoms with Gasteiger partial charge in [0.15, 0.2) is 0 Å². The molecule has 3 nitrogen and oxygen atoms in total. The summed E-state index contributed by atoms with van der Waals surface area (Å²) in [6, 6.07) is 8.29. The van der Waals surface area contributed by atoms with Gasteiger partial charge in [-0.2, -0.15) is 0 Å².